The summed E-state index contributed by atoms with van der Waals surface area (Å²) >= 11 is 0. The third-order valence-electron chi connectivity index (χ3n) is 3.43. The lowest BCUT2D eigenvalue weighted by Crippen LogP contribution is -2.31. The minimum atomic E-state index is -0.0418. The van der Waals surface area contributed by atoms with Crippen LogP contribution in [-0.4, -0.2) is 28.2 Å². The van der Waals surface area contributed by atoms with Gasteiger partial charge >= 0.3 is 0 Å². The second-order valence-electron chi connectivity index (χ2n) is 4.55. The topological polar surface area (TPSA) is 53.2 Å². The molecule has 0 atom stereocenters. The Labute approximate surface area is 105 Å². The van der Waals surface area contributed by atoms with Gasteiger partial charge in [0.2, 0.25) is 11.8 Å². The minimum Gasteiger partial charge on any atom is -0.361 e. The van der Waals surface area contributed by atoms with E-state index in [-0.39, 0.29) is 11.8 Å². The Balaban J connectivity index is 1.77. The average Bonchev–Trinajstić information content (AvgIpc) is 2.93. The number of nitrogens with zero attached hydrogens (tertiary/aromatic N) is 1. The van der Waals surface area contributed by atoms with Gasteiger partial charge in [0.05, 0.1) is 0 Å². The third-order valence-corrected chi connectivity index (χ3v) is 3.43. The Bertz CT molecular complexity index is 599. The van der Waals surface area contributed by atoms with Gasteiger partial charge in [-0.1, -0.05) is 18.2 Å². The molecule has 4 nitrogen and oxygen atoms in total. The zero-order valence-electron chi connectivity index (χ0n) is 9.98. The highest BCUT2D eigenvalue weighted by molar-refractivity contribution is 6.01. The number of para-hydroxylation sites is 1. The Morgan fingerprint density at radius 1 is 1.11 bits per heavy atom. The fourth-order valence-electron chi connectivity index (χ4n) is 2.44. The average molecular weight is 242 g/mol. The molecule has 0 radical (unpaired) electrons. The van der Waals surface area contributed by atoms with Crippen LogP contribution in [0.4, 0.5) is 0 Å². The van der Waals surface area contributed by atoms with Gasteiger partial charge in [-0.2, -0.15) is 0 Å². The normalized spacial score (nSPS) is 15.9. The number of fused-ring (bicyclic) bond motifs is 1. The van der Waals surface area contributed by atoms with Crippen molar-refractivity contribution in [3.63, 3.8) is 0 Å². The molecule has 1 saturated heterocycles. The number of hydrogen-bond acceptors (Lipinski definition) is 2. The molecule has 1 aliphatic heterocycles. The predicted molar refractivity (Wildman–Crippen MR) is 68.0 cm³/mol. The minimum absolute atomic E-state index is 0.0418. The van der Waals surface area contributed by atoms with Crippen LogP contribution in [-0.2, 0) is 16.0 Å². The summed E-state index contributed by atoms with van der Waals surface area (Å²) in [5.41, 5.74) is 2.24. The maximum absolute atomic E-state index is 11.5. The maximum Gasteiger partial charge on any atom is 0.229 e. The van der Waals surface area contributed by atoms with E-state index in [1.165, 1.54) is 4.90 Å². The Morgan fingerprint density at radius 3 is 2.61 bits per heavy atom. The molecule has 92 valence electrons. The number of aromatic nitrogens is 1. The fourth-order valence-corrected chi connectivity index (χ4v) is 2.44. The summed E-state index contributed by atoms with van der Waals surface area (Å²) in [4.78, 5) is 27.6. The van der Waals surface area contributed by atoms with Gasteiger partial charge in [-0.05, 0) is 18.1 Å². The number of amides is 2. The molecule has 1 N–H and O–H groups in total. The van der Waals surface area contributed by atoms with Crippen molar-refractivity contribution in [3.05, 3.63) is 36.0 Å². The molecule has 4 heteroatoms. The first-order valence-electron chi connectivity index (χ1n) is 6.14. The molecule has 0 spiro atoms. The second-order valence-corrected chi connectivity index (χ2v) is 4.55. The Hall–Kier alpha value is -2.10. The van der Waals surface area contributed by atoms with Crippen LogP contribution >= 0.6 is 0 Å². The van der Waals surface area contributed by atoms with E-state index in [2.05, 4.69) is 11.1 Å². The smallest absolute Gasteiger partial charge is 0.229 e. The fraction of sp³-hybridized carbons (Fsp3) is 0.286. The SMILES string of the molecule is O=C1CCC(=O)N1CCc1c[nH]c2ccccc12. The van der Waals surface area contributed by atoms with Crippen LogP contribution in [0.2, 0.25) is 0 Å². The highest BCUT2D eigenvalue weighted by Gasteiger charge is 2.28. The van der Waals surface area contributed by atoms with Crippen LogP contribution in [0.25, 0.3) is 10.9 Å². The number of benzene rings is 1. The lowest BCUT2D eigenvalue weighted by molar-refractivity contribution is -0.138. The molecule has 2 aromatic rings. The van der Waals surface area contributed by atoms with Gasteiger partial charge in [-0.3, -0.25) is 14.5 Å². The molecule has 1 aromatic carbocycles. The molecule has 18 heavy (non-hydrogen) atoms. The summed E-state index contributed by atoms with van der Waals surface area (Å²) in [5, 5.41) is 1.16. The third kappa shape index (κ3) is 1.79. The van der Waals surface area contributed by atoms with Gasteiger partial charge < -0.3 is 4.98 Å². The highest BCUT2D eigenvalue weighted by atomic mass is 16.2. The molecule has 3 rings (SSSR count). The molecular weight excluding hydrogens is 228 g/mol. The highest BCUT2D eigenvalue weighted by Crippen LogP contribution is 2.19. The van der Waals surface area contributed by atoms with E-state index in [9.17, 15) is 9.59 Å². The number of hydrogen-bond donors (Lipinski definition) is 1. The van der Waals surface area contributed by atoms with Crippen molar-refractivity contribution in [2.45, 2.75) is 19.3 Å². The predicted octanol–water partition coefficient (Wildman–Crippen LogP) is 1.86. The molecule has 1 aromatic heterocycles. The van der Waals surface area contributed by atoms with E-state index < -0.39 is 0 Å². The monoisotopic (exact) mass is 242 g/mol. The second kappa shape index (κ2) is 4.29. The zero-order valence-corrected chi connectivity index (χ0v) is 9.98. The van der Waals surface area contributed by atoms with Crippen LogP contribution in [0, 0.1) is 0 Å². The van der Waals surface area contributed by atoms with Crippen LogP contribution in [0.5, 0.6) is 0 Å². The number of imide groups is 1. The number of rotatable bonds is 3. The van der Waals surface area contributed by atoms with Gasteiger partial charge in [0, 0.05) is 36.5 Å². The summed E-state index contributed by atoms with van der Waals surface area (Å²) in [7, 11) is 0. The summed E-state index contributed by atoms with van der Waals surface area (Å²) in [6.07, 6.45) is 3.40. The summed E-state index contributed by atoms with van der Waals surface area (Å²) in [6, 6.07) is 8.04. The van der Waals surface area contributed by atoms with Gasteiger partial charge in [0.15, 0.2) is 0 Å². The summed E-state index contributed by atoms with van der Waals surface area (Å²) in [5.74, 6) is -0.0836. The molecule has 2 amide bonds. The summed E-state index contributed by atoms with van der Waals surface area (Å²) in [6.45, 7) is 0.486. The molecule has 2 heterocycles. The maximum atomic E-state index is 11.5. The number of H-pyrrole nitrogens is 1. The van der Waals surface area contributed by atoms with Gasteiger partial charge in [0.25, 0.3) is 0 Å². The molecular formula is C14H14N2O2. The van der Waals surface area contributed by atoms with Crippen LogP contribution in [0.3, 0.4) is 0 Å². The first-order valence-corrected chi connectivity index (χ1v) is 6.14. The lowest BCUT2D eigenvalue weighted by Gasteiger charge is -2.12. The van der Waals surface area contributed by atoms with Gasteiger partial charge in [0.1, 0.15) is 0 Å². The molecule has 0 aliphatic carbocycles. The molecule has 0 saturated carbocycles. The summed E-state index contributed by atoms with van der Waals surface area (Å²) < 4.78 is 0. The van der Waals surface area contributed by atoms with E-state index in [0.29, 0.717) is 25.8 Å². The van der Waals surface area contributed by atoms with Crippen molar-refractivity contribution in [3.8, 4) is 0 Å². The van der Waals surface area contributed by atoms with Crippen molar-refractivity contribution in [1.29, 1.82) is 0 Å². The largest absolute Gasteiger partial charge is 0.361 e. The molecule has 1 aliphatic rings. The quantitative estimate of drug-likeness (QED) is 0.835. The van der Waals surface area contributed by atoms with Crippen LogP contribution in [0.1, 0.15) is 18.4 Å². The van der Waals surface area contributed by atoms with E-state index >= 15 is 0 Å². The van der Waals surface area contributed by atoms with Gasteiger partial charge in [-0.15, -0.1) is 0 Å². The van der Waals surface area contributed by atoms with E-state index in [1.54, 1.807) is 0 Å². The van der Waals surface area contributed by atoms with Crippen molar-refractivity contribution in [2.24, 2.45) is 0 Å². The first-order chi connectivity index (χ1) is 8.75. The van der Waals surface area contributed by atoms with Crippen molar-refractivity contribution >= 4 is 22.7 Å². The zero-order chi connectivity index (χ0) is 12.5. The Kier molecular flexibility index (Phi) is 2.63. The van der Waals surface area contributed by atoms with Gasteiger partial charge in [-0.25, -0.2) is 0 Å². The standard InChI is InChI=1S/C14H14N2O2/c17-13-5-6-14(18)16(13)8-7-10-9-15-12-4-2-1-3-11(10)12/h1-4,9,15H,5-8H2. The molecule has 1 fully saturated rings. The number of carbonyl (C=O) groups excluding carboxylic acids is 2. The lowest BCUT2D eigenvalue weighted by atomic mass is 10.1. The van der Waals surface area contributed by atoms with E-state index in [1.807, 2.05) is 24.4 Å². The number of likely N-dealkylation sites (tertiary alicyclic amines) is 1. The van der Waals surface area contributed by atoms with Crippen molar-refractivity contribution in [1.82, 2.24) is 9.88 Å². The van der Waals surface area contributed by atoms with E-state index in [4.69, 9.17) is 0 Å². The first kappa shape index (κ1) is 11.0. The van der Waals surface area contributed by atoms with Crippen molar-refractivity contribution in [2.75, 3.05) is 6.54 Å². The number of carbonyl (C=O) groups is 2. The van der Waals surface area contributed by atoms with Crippen LogP contribution in [0.15, 0.2) is 30.5 Å². The Morgan fingerprint density at radius 2 is 1.83 bits per heavy atom. The number of aromatic amines is 1. The molecule has 0 unspecified atom stereocenters. The van der Waals surface area contributed by atoms with Crippen LogP contribution < -0.4 is 0 Å². The van der Waals surface area contributed by atoms with Crippen molar-refractivity contribution < 1.29 is 9.59 Å². The number of nitrogens with one attached hydrogen (secondary N) is 1. The molecule has 0 bridgehead atoms. The van der Waals surface area contributed by atoms with E-state index in [0.717, 1.165) is 16.5 Å².